The Labute approximate surface area is 123 Å². The van der Waals surface area contributed by atoms with Crippen molar-refractivity contribution in [2.45, 2.75) is 32.1 Å². The van der Waals surface area contributed by atoms with E-state index in [1.54, 1.807) is 24.3 Å². The average molecular weight is 296 g/mol. The van der Waals surface area contributed by atoms with E-state index in [1.807, 2.05) is 19.2 Å². The van der Waals surface area contributed by atoms with Crippen molar-refractivity contribution in [1.82, 2.24) is 5.32 Å². The number of hydrogen-bond donors (Lipinski definition) is 1. The number of benzene rings is 1. The number of allylic oxidation sites excluding steroid dienone is 1. The predicted molar refractivity (Wildman–Crippen MR) is 77.6 cm³/mol. The smallest absolute Gasteiger partial charge is 0.338 e. The van der Waals surface area contributed by atoms with Crippen LogP contribution in [0.25, 0.3) is 0 Å². The zero-order valence-corrected chi connectivity index (χ0v) is 12.1. The van der Waals surface area contributed by atoms with Crippen LogP contribution in [0.4, 0.5) is 0 Å². The lowest BCUT2D eigenvalue weighted by atomic mass is 10.2. The highest BCUT2D eigenvalue weighted by molar-refractivity contribution is 6.30. The summed E-state index contributed by atoms with van der Waals surface area (Å²) in [6, 6.07) is 6.63. The van der Waals surface area contributed by atoms with Crippen LogP contribution >= 0.6 is 11.6 Å². The molecular weight excluding hydrogens is 278 g/mol. The van der Waals surface area contributed by atoms with E-state index >= 15 is 0 Å². The minimum absolute atomic E-state index is 0.00503. The highest BCUT2D eigenvalue weighted by Gasteiger charge is 2.25. The van der Waals surface area contributed by atoms with Crippen LogP contribution in [0.5, 0.6) is 0 Å². The number of nitrogens with one attached hydrogen (secondary N) is 1. The molecule has 1 heterocycles. The van der Waals surface area contributed by atoms with Crippen LogP contribution < -0.4 is 5.32 Å². The largest absolute Gasteiger partial charge is 0.459 e. The molecule has 4 nitrogen and oxygen atoms in total. The Balaban J connectivity index is 1.75. The van der Waals surface area contributed by atoms with E-state index in [2.05, 4.69) is 5.32 Å². The molecule has 0 saturated carbocycles. The summed E-state index contributed by atoms with van der Waals surface area (Å²) in [5.41, 5.74) is 0.496. The lowest BCUT2D eigenvalue weighted by molar-refractivity contribution is -0.0131. The van der Waals surface area contributed by atoms with Crippen molar-refractivity contribution in [2.24, 2.45) is 0 Å². The molecule has 5 heteroatoms. The summed E-state index contributed by atoms with van der Waals surface area (Å²) in [5, 5.41) is 3.72. The van der Waals surface area contributed by atoms with E-state index in [4.69, 9.17) is 21.1 Å². The predicted octanol–water partition coefficient (Wildman–Crippen LogP) is 3.13. The van der Waals surface area contributed by atoms with Crippen LogP contribution in [-0.2, 0) is 9.47 Å². The van der Waals surface area contributed by atoms with Crippen molar-refractivity contribution in [3.63, 3.8) is 0 Å². The van der Waals surface area contributed by atoms with Gasteiger partial charge in [-0.15, -0.1) is 0 Å². The van der Waals surface area contributed by atoms with Gasteiger partial charge in [-0.2, -0.15) is 0 Å². The summed E-state index contributed by atoms with van der Waals surface area (Å²) in [5.74, 6) is -0.352. The monoisotopic (exact) mass is 295 g/mol. The van der Waals surface area contributed by atoms with Crippen LogP contribution in [0.3, 0.4) is 0 Å². The molecule has 0 amide bonds. The third-order valence-electron chi connectivity index (χ3n) is 3.04. The molecule has 2 unspecified atom stereocenters. The fourth-order valence-corrected chi connectivity index (χ4v) is 2.12. The van der Waals surface area contributed by atoms with Crippen LogP contribution in [0.2, 0.25) is 5.02 Å². The van der Waals surface area contributed by atoms with Gasteiger partial charge in [-0.3, -0.25) is 0 Å². The molecule has 1 N–H and O–H groups in total. The maximum absolute atomic E-state index is 11.8. The Hall–Kier alpha value is -1.52. The van der Waals surface area contributed by atoms with Crippen molar-refractivity contribution >= 4 is 17.6 Å². The Bertz CT molecular complexity index is 473. The molecule has 1 aromatic rings. The number of carbonyl (C=O) groups excluding carboxylic acids is 1. The number of esters is 1. The molecule has 108 valence electrons. The van der Waals surface area contributed by atoms with Crippen LogP contribution in [0.1, 0.15) is 30.1 Å². The van der Waals surface area contributed by atoms with Crippen molar-refractivity contribution < 1.29 is 14.3 Å². The third-order valence-corrected chi connectivity index (χ3v) is 3.29. The fraction of sp³-hybridized carbons (Fsp3) is 0.400. The standard InChI is InChI=1S/C15H18ClNO3/c1-2-9-17-14-8-7-13(20-14)10-19-15(18)11-3-5-12(16)6-4-11/h2-6,9,13-14,17H,7-8,10H2,1H3/b9-2+. The topological polar surface area (TPSA) is 47.6 Å². The van der Waals surface area contributed by atoms with E-state index in [1.165, 1.54) is 0 Å². The number of rotatable bonds is 5. The summed E-state index contributed by atoms with van der Waals surface area (Å²) in [6.45, 7) is 2.21. The second-order valence-electron chi connectivity index (χ2n) is 4.60. The molecule has 0 aromatic heterocycles. The van der Waals surface area contributed by atoms with Crippen LogP contribution in [-0.4, -0.2) is 24.9 Å². The molecular formula is C15H18ClNO3. The minimum Gasteiger partial charge on any atom is -0.459 e. The summed E-state index contributed by atoms with van der Waals surface area (Å²) < 4.78 is 11.0. The first kappa shape index (κ1) is 14.9. The van der Waals surface area contributed by atoms with Crippen molar-refractivity contribution in [3.05, 3.63) is 47.1 Å². The van der Waals surface area contributed by atoms with Gasteiger partial charge >= 0.3 is 5.97 Å². The van der Waals surface area contributed by atoms with E-state index < -0.39 is 0 Å². The highest BCUT2D eigenvalue weighted by Crippen LogP contribution is 2.19. The number of hydrogen-bond acceptors (Lipinski definition) is 4. The van der Waals surface area contributed by atoms with Crippen molar-refractivity contribution in [1.29, 1.82) is 0 Å². The van der Waals surface area contributed by atoms with E-state index in [0.717, 1.165) is 12.8 Å². The van der Waals surface area contributed by atoms with E-state index in [0.29, 0.717) is 10.6 Å². The lowest BCUT2D eigenvalue weighted by Gasteiger charge is -2.14. The summed E-state index contributed by atoms with van der Waals surface area (Å²) in [7, 11) is 0. The highest BCUT2D eigenvalue weighted by atomic mass is 35.5. The zero-order chi connectivity index (χ0) is 14.4. The Morgan fingerprint density at radius 2 is 2.20 bits per heavy atom. The van der Waals surface area contributed by atoms with Gasteiger partial charge in [-0.1, -0.05) is 17.7 Å². The van der Waals surface area contributed by atoms with Crippen LogP contribution in [0.15, 0.2) is 36.5 Å². The maximum atomic E-state index is 11.8. The van der Waals surface area contributed by atoms with Crippen molar-refractivity contribution in [3.8, 4) is 0 Å². The number of ether oxygens (including phenoxy) is 2. The molecule has 1 fully saturated rings. The van der Waals surface area contributed by atoms with Gasteiger partial charge in [-0.05, 0) is 50.2 Å². The molecule has 0 aliphatic carbocycles. The summed E-state index contributed by atoms with van der Waals surface area (Å²) in [4.78, 5) is 11.8. The molecule has 20 heavy (non-hydrogen) atoms. The first-order chi connectivity index (χ1) is 9.69. The molecule has 1 aliphatic heterocycles. The minimum atomic E-state index is -0.352. The molecule has 1 aromatic carbocycles. The number of halogens is 1. The van der Waals surface area contributed by atoms with E-state index in [-0.39, 0.29) is 24.9 Å². The average Bonchev–Trinajstić information content (AvgIpc) is 2.91. The van der Waals surface area contributed by atoms with E-state index in [9.17, 15) is 4.79 Å². The van der Waals surface area contributed by atoms with Crippen LogP contribution in [0, 0.1) is 0 Å². The van der Waals surface area contributed by atoms with Gasteiger partial charge in [0.2, 0.25) is 0 Å². The van der Waals surface area contributed by atoms with Gasteiger partial charge < -0.3 is 14.8 Å². The Morgan fingerprint density at radius 1 is 1.45 bits per heavy atom. The normalized spacial score (nSPS) is 22.1. The SMILES string of the molecule is C/C=C/NC1CCC(COC(=O)c2ccc(Cl)cc2)O1. The molecule has 0 radical (unpaired) electrons. The molecule has 1 saturated heterocycles. The quantitative estimate of drug-likeness (QED) is 0.848. The second kappa shape index (κ2) is 7.31. The van der Waals surface area contributed by atoms with Gasteiger partial charge in [-0.25, -0.2) is 4.79 Å². The first-order valence-corrected chi connectivity index (χ1v) is 7.02. The fourth-order valence-electron chi connectivity index (χ4n) is 1.99. The second-order valence-corrected chi connectivity index (χ2v) is 5.03. The third kappa shape index (κ3) is 4.25. The van der Waals surface area contributed by atoms with Gasteiger partial charge in [0.05, 0.1) is 11.7 Å². The number of carbonyl (C=O) groups is 1. The maximum Gasteiger partial charge on any atom is 0.338 e. The zero-order valence-electron chi connectivity index (χ0n) is 11.3. The lowest BCUT2D eigenvalue weighted by Crippen LogP contribution is -2.26. The van der Waals surface area contributed by atoms with Gasteiger partial charge in [0, 0.05) is 5.02 Å². The van der Waals surface area contributed by atoms with Crippen molar-refractivity contribution in [2.75, 3.05) is 6.61 Å². The van der Waals surface area contributed by atoms with Gasteiger partial charge in [0.15, 0.2) is 0 Å². The molecule has 0 bridgehead atoms. The molecule has 0 spiro atoms. The first-order valence-electron chi connectivity index (χ1n) is 6.64. The molecule has 1 aliphatic rings. The molecule has 2 atom stereocenters. The summed E-state index contributed by atoms with van der Waals surface area (Å²) in [6.07, 6.45) is 5.51. The Kier molecular flexibility index (Phi) is 5.44. The Morgan fingerprint density at radius 3 is 2.90 bits per heavy atom. The van der Waals surface area contributed by atoms with Gasteiger partial charge in [0.25, 0.3) is 0 Å². The molecule has 2 rings (SSSR count). The summed E-state index contributed by atoms with van der Waals surface area (Å²) >= 11 is 5.77. The van der Waals surface area contributed by atoms with Gasteiger partial charge in [0.1, 0.15) is 12.8 Å².